The quantitative estimate of drug-likeness (QED) is 0.260. The van der Waals surface area contributed by atoms with E-state index in [9.17, 15) is 4.79 Å². The maximum Gasteiger partial charge on any atom is 0.404 e. The fourth-order valence-corrected chi connectivity index (χ4v) is 3.93. The van der Waals surface area contributed by atoms with Crippen LogP contribution in [0.25, 0.3) is 21.5 Å². The molecule has 0 aromatic heterocycles. The number of benzene rings is 4. The molecule has 0 saturated carbocycles. The van der Waals surface area contributed by atoms with Gasteiger partial charge in [0, 0.05) is 24.2 Å². The van der Waals surface area contributed by atoms with Crippen LogP contribution in [0.4, 0.5) is 4.79 Å². The lowest BCUT2D eigenvalue weighted by Crippen LogP contribution is -2.17. The van der Waals surface area contributed by atoms with Crippen molar-refractivity contribution in [1.29, 1.82) is 0 Å². The van der Waals surface area contributed by atoms with Gasteiger partial charge in [0.1, 0.15) is 24.7 Å². The third-order valence-corrected chi connectivity index (χ3v) is 5.44. The summed E-state index contributed by atoms with van der Waals surface area (Å²) in [5.74, 6) is 1.50. The Morgan fingerprint density at radius 3 is 1.91 bits per heavy atom. The van der Waals surface area contributed by atoms with Crippen molar-refractivity contribution in [2.75, 3.05) is 26.6 Å². The summed E-state index contributed by atoms with van der Waals surface area (Å²) >= 11 is 0. The van der Waals surface area contributed by atoms with Crippen molar-refractivity contribution in [2.45, 2.75) is 13.3 Å². The van der Waals surface area contributed by atoms with Crippen molar-refractivity contribution < 1.29 is 23.7 Å². The molecule has 0 aliphatic heterocycles. The highest BCUT2D eigenvalue weighted by atomic mass is 16.7. The Bertz CT molecular complexity index is 1250. The number of amides is 1. The molecule has 0 aliphatic carbocycles. The zero-order valence-corrected chi connectivity index (χ0v) is 18.6. The van der Waals surface area contributed by atoms with Crippen LogP contribution in [-0.4, -0.2) is 32.7 Å². The SMILES string of the molecule is CCOCOc1ccc2ccccc2c1Cc1c(OCCOC(N)=O)ccc2ccccc12. The third-order valence-electron chi connectivity index (χ3n) is 5.44. The van der Waals surface area contributed by atoms with Gasteiger partial charge in [0.2, 0.25) is 0 Å². The monoisotopic (exact) mass is 445 g/mol. The van der Waals surface area contributed by atoms with Crippen LogP contribution in [0.1, 0.15) is 18.1 Å². The topological polar surface area (TPSA) is 80.0 Å². The van der Waals surface area contributed by atoms with Gasteiger partial charge in [-0.2, -0.15) is 0 Å². The van der Waals surface area contributed by atoms with E-state index in [1.54, 1.807) is 0 Å². The Labute approximate surface area is 192 Å². The summed E-state index contributed by atoms with van der Waals surface area (Å²) in [4.78, 5) is 10.9. The number of fused-ring (bicyclic) bond motifs is 2. The van der Waals surface area contributed by atoms with Gasteiger partial charge < -0.3 is 24.7 Å². The van der Waals surface area contributed by atoms with E-state index in [1.165, 1.54) is 0 Å². The van der Waals surface area contributed by atoms with E-state index in [1.807, 2.05) is 49.4 Å². The van der Waals surface area contributed by atoms with Crippen molar-refractivity contribution in [3.05, 3.63) is 83.9 Å². The number of nitrogens with two attached hydrogens (primary N) is 1. The van der Waals surface area contributed by atoms with Crippen LogP contribution >= 0.6 is 0 Å². The first-order valence-electron chi connectivity index (χ1n) is 10.9. The molecule has 6 heteroatoms. The van der Waals surface area contributed by atoms with Gasteiger partial charge in [-0.3, -0.25) is 0 Å². The van der Waals surface area contributed by atoms with Gasteiger partial charge in [-0.1, -0.05) is 60.7 Å². The summed E-state index contributed by atoms with van der Waals surface area (Å²) in [7, 11) is 0. The molecule has 4 rings (SSSR count). The second-order valence-electron chi connectivity index (χ2n) is 7.47. The van der Waals surface area contributed by atoms with Crippen LogP contribution in [-0.2, 0) is 15.9 Å². The second kappa shape index (κ2) is 10.7. The normalized spacial score (nSPS) is 10.9. The van der Waals surface area contributed by atoms with Crippen LogP contribution in [0.5, 0.6) is 11.5 Å². The van der Waals surface area contributed by atoms with E-state index >= 15 is 0 Å². The van der Waals surface area contributed by atoms with Crippen molar-refractivity contribution in [3.63, 3.8) is 0 Å². The fourth-order valence-electron chi connectivity index (χ4n) is 3.93. The largest absolute Gasteiger partial charge is 0.490 e. The first-order valence-corrected chi connectivity index (χ1v) is 10.9. The number of hydrogen-bond donors (Lipinski definition) is 1. The predicted molar refractivity (Wildman–Crippen MR) is 129 cm³/mol. The Kier molecular flexibility index (Phi) is 7.27. The summed E-state index contributed by atoms with van der Waals surface area (Å²) in [5.41, 5.74) is 7.15. The van der Waals surface area contributed by atoms with E-state index in [4.69, 9.17) is 24.7 Å². The molecule has 0 bridgehead atoms. The Morgan fingerprint density at radius 2 is 1.33 bits per heavy atom. The first-order chi connectivity index (χ1) is 16.2. The highest BCUT2D eigenvalue weighted by molar-refractivity contribution is 5.91. The van der Waals surface area contributed by atoms with Gasteiger partial charge in [0.25, 0.3) is 0 Å². The van der Waals surface area contributed by atoms with Crippen LogP contribution < -0.4 is 15.2 Å². The maximum absolute atomic E-state index is 10.9. The predicted octanol–water partition coefficient (Wildman–Crippen LogP) is 5.43. The fraction of sp³-hybridized carbons (Fsp3) is 0.222. The molecule has 0 fully saturated rings. The number of ether oxygens (including phenoxy) is 4. The van der Waals surface area contributed by atoms with E-state index in [-0.39, 0.29) is 20.0 Å². The molecular formula is C27H27NO5. The lowest BCUT2D eigenvalue weighted by molar-refractivity contribution is 0.0220. The van der Waals surface area contributed by atoms with E-state index in [0.717, 1.165) is 44.2 Å². The third kappa shape index (κ3) is 5.35. The molecule has 0 unspecified atom stereocenters. The number of hydrogen-bond acceptors (Lipinski definition) is 5. The molecular weight excluding hydrogens is 418 g/mol. The molecule has 0 heterocycles. The minimum absolute atomic E-state index is 0.0819. The molecule has 0 radical (unpaired) electrons. The minimum atomic E-state index is -0.816. The Morgan fingerprint density at radius 1 is 0.758 bits per heavy atom. The number of primary amides is 1. The molecule has 0 atom stereocenters. The van der Waals surface area contributed by atoms with Gasteiger partial charge >= 0.3 is 6.09 Å². The first kappa shape index (κ1) is 22.4. The molecule has 2 N–H and O–H groups in total. The zero-order chi connectivity index (χ0) is 23.0. The highest BCUT2D eigenvalue weighted by Crippen LogP contribution is 2.36. The molecule has 4 aromatic rings. The van der Waals surface area contributed by atoms with Crippen LogP contribution in [0.2, 0.25) is 0 Å². The number of carbonyl (C=O) groups is 1. The smallest absolute Gasteiger partial charge is 0.404 e. The average molecular weight is 446 g/mol. The van der Waals surface area contributed by atoms with Crippen molar-refractivity contribution in [1.82, 2.24) is 0 Å². The minimum Gasteiger partial charge on any atom is -0.490 e. The van der Waals surface area contributed by atoms with E-state index < -0.39 is 6.09 Å². The van der Waals surface area contributed by atoms with Gasteiger partial charge in [0.05, 0.1) is 0 Å². The number of rotatable bonds is 10. The maximum atomic E-state index is 10.9. The van der Waals surface area contributed by atoms with Gasteiger partial charge in [-0.15, -0.1) is 0 Å². The average Bonchev–Trinajstić information content (AvgIpc) is 2.83. The Balaban J connectivity index is 1.76. The lowest BCUT2D eigenvalue weighted by atomic mass is 9.93. The molecule has 6 nitrogen and oxygen atoms in total. The van der Waals surface area contributed by atoms with Crippen LogP contribution in [0, 0.1) is 0 Å². The lowest BCUT2D eigenvalue weighted by Gasteiger charge is -2.18. The van der Waals surface area contributed by atoms with Crippen LogP contribution in [0.15, 0.2) is 72.8 Å². The summed E-state index contributed by atoms with van der Waals surface area (Å²) in [5, 5.41) is 4.45. The molecule has 1 amide bonds. The molecule has 0 saturated heterocycles. The van der Waals surface area contributed by atoms with Crippen LogP contribution in [0.3, 0.4) is 0 Å². The Hall–Kier alpha value is -3.77. The molecule has 0 spiro atoms. The van der Waals surface area contributed by atoms with Gasteiger partial charge in [-0.25, -0.2) is 4.79 Å². The van der Waals surface area contributed by atoms with Gasteiger partial charge in [-0.05, 0) is 40.6 Å². The molecule has 170 valence electrons. The summed E-state index contributed by atoms with van der Waals surface area (Å²) in [6, 6.07) is 24.5. The van der Waals surface area contributed by atoms with Crippen molar-refractivity contribution in [2.24, 2.45) is 5.73 Å². The highest BCUT2D eigenvalue weighted by Gasteiger charge is 2.16. The van der Waals surface area contributed by atoms with Crippen molar-refractivity contribution >= 4 is 27.6 Å². The molecule has 4 aromatic carbocycles. The molecule has 33 heavy (non-hydrogen) atoms. The number of carbonyl (C=O) groups excluding carboxylic acids is 1. The zero-order valence-electron chi connectivity index (χ0n) is 18.6. The van der Waals surface area contributed by atoms with Crippen molar-refractivity contribution in [3.8, 4) is 11.5 Å². The standard InChI is InChI=1S/C27H27NO5/c1-2-30-18-33-26-14-12-20-8-4-6-10-22(20)24(26)17-23-21-9-5-3-7-19(21)11-13-25(23)31-15-16-32-27(28)29/h3-14H,2,15-18H2,1H3,(H2,28,29). The van der Waals surface area contributed by atoms with Gasteiger partial charge in [0.15, 0.2) is 6.79 Å². The van der Waals surface area contributed by atoms with E-state index in [0.29, 0.717) is 13.0 Å². The second-order valence-corrected chi connectivity index (χ2v) is 7.47. The molecule has 0 aliphatic rings. The van der Waals surface area contributed by atoms with E-state index in [2.05, 4.69) is 30.3 Å². The summed E-state index contributed by atoms with van der Waals surface area (Å²) in [6.07, 6.45) is -0.222. The summed E-state index contributed by atoms with van der Waals surface area (Å²) in [6.45, 7) is 2.99. The summed E-state index contributed by atoms with van der Waals surface area (Å²) < 4.78 is 22.3.